The van der Waals surface area contributed by atoms with E-state index in [9.17, 15) is 5.11 Å². The molecular formula is C35H35ClO4. The van der Waals surface area contributed by atoms with E-state index in [1.807, 2.05) is 97.1 Å². The first-order valence-electron chi connectivity index (χ1n) is 13.7. The van der Waals surface area contributed by atoms with Crippen LogP contribution in [0.4, 0.5) is 0 Å². The molecule has 40 heavy (non-hydrogen) atoms. The molecule has 0 bridgehead atoms. The normalized spacial score (nSPS) is 20.8. The maximum Gasteiger partial charge on any atom is 0.195 e. The van der Waals surface area contributed by atoms with Gasteiger partial charge in [-0.2, -0.15) is 0 Å². The van der Waals surface area contributed by atoms with Crippen molar-refractivity contribution in [1.29, 1.82) is 0 Å². The fraction of sp³-hybridized carbons (Fsp3) is 0.257. The molecule has 3 unspecified atom stereocenters. The monoisotopic (exact) mass is 554 g/mol. The smallest absolute Gasteiger partial charge is 0.195 e. The third-order valence-corrected chi connectivity index (χ3v) is 7.61. The summed E-state index contributed by atoms with van der Waals surface area (Å²) in [7, 11) is 0. The molecular weight excluding hydrogens is 520 g/mol. The van der Waals surface area contributed by atoms with Gasteiger partial charge in [0, 0.05) is 23.4 Å². The van der Waals surface area contributed by atoms with Gasteiger partial charge in [-0.3, -0.25) is 0 Å². The van der Waals surface area contributed by atoms with Crippen molar-refractivity contribution < 1.29 is 19.3 Å². The highest BCUT2D eigenvalue weighted by atomic mass is 35.5. The number of hydrogen-bond acceptors (Lipinski definition) is 4. The van der Waals surface area contributed by atoms with Gasteiger partial charge in [-0.15, -0.1) is 0 Å². The molecule has 4 aromatic rings. The van der Waals surface area contributed by atoms with E-state index in [2.05, 4.69) is 18.7 Å². The zero-order valence-corrected chi connectivity index (χ0v) is 23.3. The van der Waals surface area contributed by atoms with Gasteiger partial charge in [0.25, 0.3) is 0 Å². The number of aliphatic hydroxyl groups is 1. The first-order valence-corrected chi connectivity index (χ1v) is 14.1. The third-order valence-electron chi connectivity index (χ3n) is 7.24. The van der Waals surface area contributed by atoms with Gasteiger partial charge in [0.05, 0.1) is 32.0 Å². The molecule has 4 aromatic carbocycles. The minimum absolute atomic E-state index is 0.213. The lowest BCUT2D eigenvalue weighted by Gasteiger charge is -2.41. The molecule has 0 saturated carbocycles. The Morgan fingerprint density at radius 2 is 1.55 bits per heavy atom. The molecule has 1 N–H and O–H groups in total. The van der Waals surface area contributed by atoms with E-state index in [1.54, 1.807) is 0 Å². The topological polar surface area (TPSA) is 47.9 Å². The molecule has 0 spiro atoms. The standard InChI is InChI=1S/C35H35ClO4/c1-2-26-13-15-27(16-14-26)19-30-20-31(17-18-34(30)36)35(37)22-32(39-24-29-11-7-4-8-12-29)21-33(40-35)25-38-23-28-9-5-3-6-10-28/h2-18,20,32-33,37H,1,19,21-25H2. The van der Waals surface area contributed by atoms with Crippen LogP contribution in [0.5, 0.6) is 0 Å². The van der Waals surface area contributed by atoms with Crippen LogP contribution in [-0.4, -0.2) is 23.9 Å². The highest BCUT2D eigenvalue weighted by Gasteiger charge is 2.42. The predicted molar refractivity (Wildman–Crippen MR) is 160 cm³/mol. The summed E-state index contributed by atoms with van der Waals surface area (Å²) in [6.07, 6.45) is 2.84. The maximum absolute atomic E-state index is 11.9. The zero-order valence-electron chi connectivity index (χ0n) is 22.5. The van der Waals surface area contributed by atoms with E-state index in [0.29, 0.717) is 49.7 Å². The Labute approximate surface area is 241 Å². The summed E-state index contributed by atoms with van der Waals surface area (Å²) in [4.78, 5) is 0. The molecule has 0 aliphatic carbocycles. The molecule has 4 nitrogen and oxygen atoms in total. The van der Waals surface area contributed by atoms with Gasteiger partial charge in [-0.25, -0.2) is 0 Å². The predicted octanol–water partition coefficient (Wildman–Crippen LogP) is 7.70. The molecule has 0 aromatic heterocycles. The summed E-state index contributed by atoms with van der Waals surface area (Å²) in [5.74, 6) is -1.54. The van der Waals surface area contributed by atoms with E-state index in [0.717, 1.165) is 27.8 Å². The second-order valence-electron chi connectivity index (χ2n) is 10.3. The lowest BCUT2D eigenvalue weighted by Crippen LogP contribution is -2.46. The molecule has 206 valence electrons. The van der Waals surface area contributed by atoms with Crippen LogP contribution in [0.15, 0.2) is 110 Å². The minimum atomic E-state index is -1.54. The summed E-state index contributed by atoms with van der Waals surface area (Å²) in [6.45, 7) is 5.11. The minimum Gasteiger partial charge on any atom is -0.374 e. The Morgan fingerprint density at radius 1 is 0.875 bits per heavy atom. The summed E-state index contributed by atoms with van der Waals surface area (Å²) < 4.78 is 18.7. The third kappa shape index (κ3) is 7.48. The highest BCUT2D eigenvalue weighted by Crippen LogP contribution is 2.39. The average molecular weight is 555 g/mol. The quantitative estimate of drug-likeness (QED) is 0.206. The Morgan fingerprint density at radius 3 is 2.23 bits per heavy atom. The molecule has 1 heterocycles. The Balaban J connectivity index is 1.34. The summed E-state index contributed by atoms with van der Waals surface area (Å²) in [5.41, 5.74) is 5.95. The first-order chi connectivity index (χ1) is 19.5. The largest absolute Gasteiger partial charge is 0.374 e. The van der Waals surface area contributed by atoms with Crippen LogP contribution in [0.1, 0.15) is 46.2 Å². The van der Waals surface area contributed by atoms with Crippen LogP contribution in [0.2, 0.25) is 5.02 Å². The Bertz CT molecular complexity index is 1370. The van der Waals surface area contributed by atoms with Crippen LogP contribution in [0.3, 0.4) is 0 Å². The zero-order chi connectivity index (χ0) is 27.8. The van der Waals surface area contributed by atoms with Crippen LogP contribution in [0.25, 0.3) is 6.08 Å². The molecule has 3 atom stereocenters. The molecule has 1 fully saturated rings. The van der Waals surface area contributed by atoms with Crippen molar-refractivity contribution in [3.63, 3.8) is 0 Å². The van der Waals surface area contributed by atoms with Crippen molar-refractivity contribution in [2.24, 2.45) is 0 Å². The van der Waals surface area contributed by atoms with Crippen molar-refractivity contribution in [2.45, 2.75) is 50.5 Å². The summed E-state index contributed by atoms with van der Waals surface area (Å²) in [6, 6.07) is 33.9. The summed E-state index contributed by atoms with van der Waals surface area (Å²) >= 11 is 6.61. The summed E-state index contributed by atoms with van der Waals surface area (Å²) in [5, 5.41) is 12.6. The molecule has 5 rings (SSSR count). The Kier molecular flexibility index (Phi) is 9.48. The van der Waals surface area contributed by atoms with Crippen LogP contribution >= 0.6 is 11.6 Å². The first kappa shape index (κ1) is 28.3. The second-order valence-corrected chi connectivity index (χ2v) is 10.7. The average Bonchev–Trinajstić information content (AvgIpc) is 2.98. The van der Waals surface area contributed by atoms with Gasteiger partial charge in [0.15, 0.2) is 5.79 Å². The van der Waals surface area contributed by atoms with Crippen molar-refractivity contribution >= 4 is 17.7 Å². The van der Waals surface area contributed by atoms with E-state index in [-0.39, 0.29) is 12.2 Å². The van der Waals surface area contributed by atoms with Gasteiger partial charge in [0.2, 0.25) is 0 Å². The fourth-order valence-electron chi connectivity index (χ4n) is 5.09. The Hall–Kier alpha value is -3.25. The van der Waals surface area contributed by atoms with E-state index < -0.39 is 5.79 Å². The molecule has 1 aliphatic heterocycles. The lowest BCUT2D eigenvalue weighted by molar-refractivity contribution is -0.293. The molecule has 1 saturated heterocycles. The van der Waals surface area contributed by atoms with Gasteiger partial charge < -0.3 is 19.3 Å². The van der Waals surface area contributed by atoms with Gasteiger partial charge in [-0.05, 0) is 46.4 Å². The number of ether oxygens (including phenoxy) is 3. The van der Waals surface area contributed by atoms with E-state index in [1.165, 1.54) is 0 Å². The van der Waals surface area contributed by atoms with Gasteiger partial charge in [-0.1, -0.05) is 115 Å². The van der Waals surface area contributed by atoms with Crippen molar-refractivity contribution in [1.82, 2.24) is 0 Å². The van der Waals surface area contributed by atoms with E-state index >= 15 is 0 Å². The van der Waals surface area contributed by atoms with Crippen molar-refractivity contribution in [2.75, 3.05) is 6.61 Å². The number of hydrogen-bond donors (Lipinski definition) is 1. The maximum atomic E-state index is 11.9. The molecule has 0 amide bonds. The number of halogens is 1. The van der Waals surface area contributed by atoms with E-state index in [4.69, 9.17) is 25.8 Å². The number of rotatable bonds is 11. The van der Waals surface area contributed by atoms with Crippen molar-refractivity contribution in [3.8, 4) is 0 Å². The SMILES string of the molecule is C=Cc1ccc(Cc2cc(C3(O)CC(OCc4ccccc4)CC(COCc4ccccc4)O3)ccc2Cl)cc1. The number of benzene rings is 4. The molecule has 5 heteroatoms. The van der Waals surface area contributed by atoms with Gasteiger partial charge in [0.1, 0.15) is 0 Å². The highest BCUT2D eigenvalue weighted by molar-refractivity contribution is 6.31. The fourth-order valence-corrected chi connectivity index (χ4v) is 5.27. The molecule has 0 radical (unpaired) electrons. The molecule has 1 aliphatic rings. The lowest BCUT2D eigenvalue weighted by atomic mass is 9.91. The van der Waals surface area contributed by atoms with Crippen LogP contribution in [-0.2, 0) is 39.6 Å². The second kappa shape index (κ2) is 13.4. The van der Waals surface area contributed by atoms with Gasteiger partial charge >= 0.3 is 0 Å². The van der Waals surface area contributed by atoms with Crippen LogP contribution in [0, 0.1) is 0 Å². The van der Waals surface area contributed by atoms with Crippen LogP contribution < -0.4 is 0 Å². The van der Waals surface area contributed by atoms with Crippen molar-refractivity contribution in [3.05, 3.63) is 148 Å².